The van der Waals surface area contributed by atoms with Gasteiger partial charge in [-0.3, -0.25) is 43.2 Å². The summed E-state index contributed by atoms with van der Waals surface area (Å²) in [7, 11) is -2.21. The van der Waals surface area contributed by atoms with E-state index in [0.29, 0.717) is 18.4 Å². The Morgan fingerprint density at radius 3 is 1.86 bits per heavy atom. The van der Waals surface area contributed by atoms with Gasteiger partial charge < -0.3 is 61.9 Å². The fourth-order valence-corrected chi connectivity index (χ4v) is 7.01. The summed E-state index contributed by atoms with van der Waals surface area (Å²) < 4.78 is 4.95. The van der Waals surface area contributed by atoms with Crippen molar-refractivity contribution in [2.45, 2.75) is 141 Å². The Morgan fingerprint density at radius 2 is 1.29 bits per heavy atom. The van der Waals surface area contributed by atoms with Gasteiger partial charge >= 0.3 is 25.2 Å². The van der Waals surface area contributed by atoms with Crippen LogP contribution in [0.2, 0.25) is 0 Å². The van der Waals surface area contributed by atoms with Crippen molar-refractivity contribution >= 4 is 60.7 Å². The minimum atomic E-state index is -2.21. The molecule has 0 bridgehead atoms. The number of nitrogens with one attached hydrogen (secondary N) is 6. The summed E-state index contributed by atoms with van der Waals surface area (Å²) in [5, 5.41) is 61.5. The number of carbonyl (C=O) groups excluding carboxylic acids is 6. The van der Waals surface area contributed by atoms with Gasteiger partial charge in [0.25, 0.3) is 0 Å². The Labute approximate surface area is 365 Å². The summed E-state index contributed by atoms with van der Waals surface area (Å²) in [6, 6.07) is -0.415. The van der Waals surface area contributed by atoms with E-state index in [1.807, 2.05) is 13.8 Å². The summed E-state index contributed by atoms with van der Waals surface area (Å²) >= 11 is 0. The van der Waals surface area contributed by atoms with Gasteiger partial charge in [-0.25, -0.2) is 0 Å². The smallest absolute Gasteiger partial charge is 0.481 e. The molecule has 63 heavy (non-hydrogen) atoms. The van der Waals surface area contributed by atoms with Crippen molar-refractivity contribution < 1.29 is 73.2 Å². The molecule has 348 valence electrons. The average Bonchev–Trinajstić information content (AvgIpc) is 3.20. The van der Waals surface area contributed by atoms with Crippen LogP contribution >= 0.6 is 0 Å². The van der Waals surface area contributed by atoms with Crippen LogP contribution in [0.5, 0.6) is 0 Å². The van der Waals surface area contributed by atoms with Crippen LogP contribution in [-0.2, 0) is 54.2 Å². The summed E-state index contributed by atoms with van der Waals surface area (Å²) in [4.78, 5) is 116. The molecule has 0 aliphatic heterocycles. The summed E-state index contributed by atoms with van der Waals surface area (Å²) in [6.07, 6.45) is 0.192. The van der Waals surface area contributed by atoms with E-state index in [0.717, 1.165) is 24.8 Å². The van der Waals surface area contributed by atoms with E-state index in [1.54, 1.807) is 31.2 Å². The van der Waals surface area contributed by atoms with Crippen LogP contribution in [0.15, 0.2) is 36.9 Å². The predicted molar refractivity (Wildman–Crippen MR) is 225 cm³/mol. The van der Waals surface area contributed by atoms with Crippen LogP contribution in [-0.4, -0.2) is 122 Å². The maximum Gasteiger partial charge on any atom is 0.635 e. The molecule has 11 N–H and O–H groups in total. The SMILES string of the molecule is C=CCC(NC(=O)[C@H](CC(C)C)NC(=O)[C@@H](NC(=O)[C@H](Cc1ccccc1C)NC(=O)[C@H](CCC(=O)O)NC(=O)[C@H](CC(=O)O)NC(=O)CCC(=O)O)C1CCCCC1)OB(O)O. The quantitative estimate of drug-likeness (QED) is 0.0295. The zero-order valence-corrected chi connectivity index (χ0v) is 35.8. The summed E-state index contributed by atoms with van der Waals surface area (Å²) in [6.45, 7) is 8.97. The third kappa shape index (κ3) is 20.2. The monoisotopic (exact) mass is 888 g/mol. The van der Waals surface area contributed by atoms with Crippen molar-refractivity contribution in [1.29, 1.82) is 0 Å². The third-order valence-electron chi connectivity index (χ3n) is 10.2. The van der Waals surface area contributed by atoms with Gasteiger partial charge in [0, 0.05) is 25.7 Å². The maximum atomic E-state index is 14.4. The van der Waals surface area contributed by atoms with Gasteiger partial charge in [0.2, 0.25) is 35.4 Å². The second-order valence-electron chi connectivity index (χ2n) is 15.9. The second kappa shape index (κ2) is 27.2. The number of benzene rings is 1. The van der Waals surface area contributed by atoms with Gasteiger partial charge in [-0.15, -0.1) is 6.58 Å². The van der Waals surface area contributed by atoms with Gasteiger partial charge in [-0.1, -0.05) is 63.5 Å². The number of aryl methyl sites for hydroxylation is 1. The molecule has 1 fully saturated rings. The van der Waals surface area contributed by atoms with Gasteiger partial charge in [0.05, 0.1) is 12.8 Å². The number of carboxylic acid groups (broad SMARTS) is 3. The molecule has 1 aromatic carbocycles. The summed E-state index contributed by atoms with van der Waals surface area (Å²) in [5.74, 6) is -10.2. The molecule has 0 aromatic heterocycles. The maximum absolute atomic E-state index is 14.4. The number of carboxylic acids is 3. The van der Waals surface area contributed by atoms with Crippen molar-refractivity contribution in [2.75, 3.05) is 0 Å². The van der Waals surface area contributed by atoms with Crippen LogP contribution in [0.4, 0.5) is 0 Å². The molecule has 0 heterocycles. The molecule has 1 aromatic rings. The molecule has 21 nitrogen and oxygen atoms in total. The molecule has 1 saturated carbocycles. The number of aliphatic carboxylic acids is 3. The van der Waals surface area contributed by atoms with Crippen molar-refractivity contribution in [1.82, 2.24) is 31.9 Å². The predicted octanol–water partition coefficient (Wildman–Crippen LogP) is -0.203. The molecule has 2 rings (SSSR count). The van der Waals surface area contributed by atoms with E-state index in [1.165, 1.54) is 6.08 Å². The molecule has 0 radical (unpaired) electrons. The van der Waals surface area contributed by atoms with E-state index in [9.17, 15) is 63.4 Å². The van der Waals surface area contributed by atoms with Crippen LogP contribution < -0.4 is 31.9 Å². The van der Waals surface area contributed by atoms with E-state index in [4.69, 9.17) is 9.76 Å². The minimum Gasteiger partial charge on any atom is -0.481 e. The highest BCUT2D eigenvalue weighted by atomic mass is 16.6. The fraction of sp³-hybridized carbons (Fsp3) is 0.585. The van der Waals surface area contributed by atoms with Gasteiger partial charge in [0.15, 0.2) is 0 Å². The Kier molecular flexibility index (Phi) is 23.0. The molecule has 1 unspecified atom stereocenters. The van der Waals surface area contributed by atoms with Crippen molar-refractivity contribution in [2.24, 2.45) is 11.8 Å². The lowest BCUT2D eigenvalue weighted by molar-refractivity contribution is -0.142. The molecular formula is C41H61BN6O15. The largest absolute Gasteiger partial charge is 0.635 e. The number of hydrogen-bond acceptors (Lipinski definition) is 12. The Balaban J connectivity index is 2.51. The van der Waals surface area contributed by atoms with Gasteiger partial charge in [0.1, 0.15) is 36.4 Å². The molecule has 0 spiro atoms. The topological polar surface area (TPSA) is 336 Å². The number of carbonyl (C=O) groups is 9. The third-order valence-corrected chi connectivity index (χ3v) is 10.2. The highest BCUT2D eigenvalue weighted by Crippen LogP contribution is 2.27. The molecule has 1 aliphatic carbocycles. The first-order chi connectivity index (χ1) is 29.7. The molecule has 6 atom stereocenters. The Morgan fingerprint density at radius 1 is 0.714 bits per heavy atom. The van der Waals surface area contributed by atoms with Crippen LogP contribution in [0, 0.1) is 18.8 Å². The normalized spacial score (nSPS) is 15.5. The zero-order valence-electron chi connectivity index (χ0n) is 35.8. The van der Waals surface area contributed by atoms with E-state index in [-0.39, 0.29) is 25.2 Å². The lowest BCUT2D eigenvalue weighted by Crippen LogP contribution is -2.61. The molecule has 22 heteroatoms. The zero-order chi connectivity index (χ0) is 47.2. The van der Waals surface area contributed by atoms with Gasteiger partial charge in [-0.05, 0) is 55.6 Å². The van der Waals surface area contributed by atoms with Crippen molar-refractivity contribution in [3.8, 4) is 0 Å². The second-order valence-corrected chi connectivity index (χ2v) is 15.9. The molecule has 1 aliphatic rings. The van der Waals surface area contributed by atoms with Crippen LogP contribution in [0.25, 0.3) is 0 Å². The number of amides is 6. The molecule has 0 saturated heterocycles. The van der Waals surface area contributed by atoms with Crippen LogP contribution in [0.3, 0.4) is 0 Å². The highest BCUT2D eigenvalue weighted by Gasteiger charge is 2.37. The fourth-order valence-electron chi connectivity index (χ4n) is 7.01. The molecule has 6 amide bonds. The Bertz CT molecular complexity index is 1770. The minimum absolute atomic E-state index is 0.00458. The number of hydrogen-bond donors (Lipinski definition) is 11. The lowest BCUT2D eigenvalue weighted by Gasteiger charge is -2.33. The van der Waals surface area contributed by atoms with Crippen molar-refractivity contribution in [3.63, 3.8) is 0 Å². The summed E-state index contributed by atoms with van der Waals surface area (Å²) in [5.41, 5.74) is 1.33. The van der Waals surface area contributed by atoms with E-state index < -0.39 is 135 Å². The lowest BCUT2D eigenvalue weighted by atomic mass is 9.83. The first kappa shape index (κ1) is 53.3. The van der Waals surface area contributed by atoms with E-state index >= 15 is 0 Å². The first-order valence-electron chi connectivity index (χ1n) is 20.8. The van der Waals surface area contributed by atoms with E-state index in [2.05, 4.69) is 38.5 Å². The van der Waals surface area contributed by atoms with Crippen LogP contribution in [0.1, 0.15) is 102 Å². The van der Waals surface area contributed by atoms with Gasteiger partial charge in [-0.2, -0.15) is 0 Å². The standard InChI is InChI=1S/C41H61BN6O15/c1-5-11-32(63-42(61)62)47-39(58)28(20-23(2)3)46-41(60)36(25-13-7-6-8-14-25)48-40(59)29(21-26-15-10-9-12-24(26)4)45-37(56)27(16-18-33(50)51)44-38(57)30(22-35(54)55)43-31(49)17-19-34(52)53/h5,9-10,12,15,23,25,27-30,32,36,61-62H,1,6-8,11,13-14,16-22H2,2-4H3,(H,43,49)(H,44,57)(H,45,56)(H,46,60)(H,47,58)(H,48,59)(H,50,51)(H,52,53)(H,54,55)/t27-,28-,29-,30-,32?,36-/m0/s1. The average molecular weight is 889 g/mol. The molecular weight excluding hydrogens is 827 g/mol. The first-order valence-corrected chi connectivity index (χ1v) is 20.8. The highest BCUT2D eigenvalue weighted by molar-refractivity contribution is 6.32. The number of rotatable bonds is 28. The Hall–Kier alpha value is -5.87. The van der Waals surface area contributed by atoms with Crippen molar-refractivity contribution in [3.05, 3.63) is 48.0 Å².